The van der Waals surface area contributed by atoms with E-state index < -0.39 is 0 Å². The second-order valence-electron chi connectivity index (χ2n) is 15.9. The van der Waals surface area contributed by atoms with Gasteiger partial charge in [-0.1, -0.05) is 23.7 Å². The molecule has 4 N–H and O–H groups in total. The minimum Gasteiger partial charge on any atom is -0.376 e. The van der Waals surface area contributed by atoms with Crippen LogP contribution < -0.4 is 21.3 Å². The predicted molar refractivity (Wildman–Crippen MR) is 245 cm³/mol. The van der Waals surface area contributed by atoms with E-state index in [1.165, 1.54) is 0 Å². The third kappa shape index (κ3) is 9.11. The van der Waals surface area contributed by atoms with Crippen molar-refractivity contribution in [1.82, 2.24) is 59.4 Å². The number of aryl methyl sites for hydroxylation is 4. The molecule has 6 heterocycles. The highest BCUT2D eigenvalue weighted by molar-refractivity contribution is 7.98. The van der Waals surface area contributed by atoms with Crippen LogP contribution in [0.5, 0.6) is 0 Å². The SMILES string of the molecule is CSc1cc(NCc2ccnn2C)c2ncc(-c3ccc(C(=O)NC4CC4)c(C)c3)n2n1.Cc1cc(-c2cnc3c(NCc4ccnn4C)cc(Cl)nn23)ccc1C(=O)NC1CC1. The maximum atomic E-state index is 12.5. The minimum absolute atomic E-state index is 0.000798. The molecule has 2 fully saturated rings. The highest BCUT2D eigenvalue weighted by Crippen LogP contribution is 2.31. The van der Waals surface area contributed by atoms with Gasteiger partial charge in [-0.05, 0) is 99.4 Å². The zero-order valence-corrected chi connectivity index (χ0v) is 37.1. The molecule has 0 atom stereocenters. The molecule has 8 aromatic rings. The Morgan fingerprint density at radius 3 is 1.59 bits per heavy atom. The first-order valence-corrected chi connectivity index (χ1v) is 22.4. The second kappa shape index (κ2) is 17.6. The van der Waals surface area contributed by atoms with E-state index in [9.17, 15) is 9.59 Å². The normalized spacial score (nSPS) is 13.5. The number of carbonyl (C=O) groups is 2. The summed E-state index contributed by atoms with van der Waals surface area (Å²) in [5.41, 5.74) is 12.1. The van der Waals surface area contributed by atoms with E-state index in [2.05, 4.69) is 46.5 Å². The summed E-state index contributed by atoms with van der Waals surface area (Å²) in [6, 6.07) is 20.0. The molecule has 0 spiro atoms. The van der Waals surface area contributed by atoms with E-state index in [1.807, 2.05) is 109 Å². The second-order valence-corrected chi connectivity index (χ2v) is 17.1. The fourth-order valence-electron chi connectivity index (χ4n) is 7.30. The third-order valence-electron chi connectivity index (χ3n) is 11.2. The number of imidazole rings is 2. The van der Waals surface area contributed by atoms with E-state index in [4.69, 9.17) is 16.7 Å². The maximum absolute atomic E-state index is 12.5. The molecule has 0 unspecified atom stereocenters. The summed E-state index contributed by atoms with van der Waals surface area (Å²) in [6.45, 7) is 5.13. The average Bonchev–Trinajstić information content (AvgIpc) is 4.05. The Morgan fingerprint density at radius 2 is 1.16 bits per heavy atom. The molecule has 2 aliphatic carbocycles. The van der Waals surface area contributed by atoms with E-state index in [0.717, 1.165) is 92.8 Å². The number of halogens is 1. The molecule has 6 aromatic heterocycles. The van der Waals surface area contributed by atoms with Gasteiger partial charge in [-0.3, -0.25) is 19.0 Å². The number of hydrogen-bond donors (Lipinski definition) is 4. The molecule has 322 valence electrons. The van der Waals surface area contributed by atoms with Crippen LogP contribution in [0.4, 0.5) is 11.4 Å². The Bertz CT molecular complexity index is 3000. The first-order valence-electron chi connectivity index (χ1n) is 20.7. The number of nitrogens with one attached hydrogen (secondary N) is 4. The van der Waals surface area contributed by atoms with Gasteiger partial charge in [0.15, 0.2) is 16.4 Å². The number of hydrogen-bond acceptors (Lipinski definition) is 11. The Morgan fingerprint density at radius 1 is 0.683 bits per heavy atom. The Kier molecular flexibility index (Phi) is 11.6. The van der Waals surface area contributed by atoms with Gasteiger partial charge in [0.1, 0.15) is 5.03 Å². The van der Waals surface area contributed by atoms with Crippen LogP contribution in [0.3, 0.4) is 0 Å². The van der Waals surface area contributed by atoms with E-state index in [0.29, 0.717) is 47.1 Å². The van der Waals surface area contributed by atoms with Crippen LogP contribution in [-0.4, -0.2) is 78.9 Å². The molecule has 0 radical (unpaired) electrons. The van der Waals surface area contributed by atoms with Crippen molar-refractivity contribution in [1.29, 1.82) is 0 Å². The van der Waals surface area contributed by atoms with Crippen LogP contribution in [0, 0.1) is 13.8 Å². The molecule has 0 bridgehead atoms. The smallest absolute Gasteiger partial charge is 0.251 e. The number of thioether (sulfide) groups is 1. The molecule has 2 aliphatic rings. The summed E-state index contributed by atoms with van der Waals surface area (Å²) < 4.78 is 7.26. The highest BCUT2D eigenvalue weighted by Gasteiger charge is 2.26. The molecule has 2 saturated carbocycles. The average molecular weight is 883 g/mol. The van der Waals surface area contributed by atoms with Crippen LogP contribution in [0.2, 0.25) is 5.15 Å². The molecule has 10 rings (SSSR count). The monoisotopic (exact) mass is 882 g/mol. The Labute approximate surface area is 372 Å². The van der Waals surface area contributed by atoms with Gasteiger partial charge in [-0.2, -0.15) is 20.4 Å². The van der Waals surface area contributed by atoms with Crippen molar-refractivity contribution in [2.75, 3.05) is 16.9 Å². The minimum atomic E-state index is -0.0208. The summed E-state index contributed by atoms with van der Waals surface area (Å²) in [7, 11) is 3.83. The van der Waals surface area contributed by atoms with E-state index in [1.54, 1.807) is 40.9 Å². The van der Waals surface area contributed by atoms with Crippen molar-refractivity contribution in [2.24, 2.45) is 14.1 Å². The van der Waals surface area contributed by atoms with Crippen molar-refractivity contribution >= 4 is 57.8 Å². The van der Waals surface area contributed by atoms with Gasteiger partial charge in [0.25, 0.3) is 11.8 Å². The van der Waals surface area contributed by atoms with Crippen LogP contribution in [-0.2, 0) is 27.2 Å². The molecule has 2 aromatic carbocycles. The van der Waals surface area contributed by atoms with Crippen molar-refractivity contribution < 1.29 is 9.59 Å². The summed E-state index contributed by atoms with van der Waals surface area (Å²) in [4.78, 5) is 34.2. The molecular formula is C45H47ClN14O2S. The molecule has 16 nitrogen and oxygen atoms in total. The lowest BCUT2D eigenvalue weighted by Crippen LogP contribution is -2.26. The predicted octanol–water partition coefficient (Wildman–Crippen LogP) is 7.26. The quantitative estimate of drug-likeness (QED) is 0.0857. The van der Waals surface area contributed by atoms with E-state index in [-0.39, 0.29) is 11.8 Å². The largest absolute Gasteiger partial charge is 0.376 e. The van der Waals surface area contributed by atoms with Crippen molar-refractivity contribution in [3.05, 3.63) is 124 Å². The maximum Gasteiger partial charge on any atom is 0.251 e. The molecule has 63 heavy (non-hydrogen) atoms. The van der Waals surface area contributed by atoms with Crippen LogP contribution in [0.1, 0.15) is 68.9 Å². The van der Waals surface area contributed by atoms with Crippen LogP contribution in [0.15, 0.2) is 90.5 Å². The van der Waals surface area contributed by atoms with Gasteiger partial charge in [0.05, 0.1) is 59.6 Å². The number of rotatable bonds is 13. The first kappa shape index (κ1) is 41.6. The number of benzene rings is 2. The number of carbonyl (C=O) groups excluding carboxylic acids is 2. The Hall–Kier alpha value is -6.72. The number of amides is 2. The highest BCUT2D eigenvalue weighted by atomic mass is 35.5. The first-order chi connectivity index (χ1) is 30.5. The molecule has 18 heteroatoms. The lowest BCUT2D eigenvalue weighted by Gasteiger charge is -2.11. The van der Waals surface area contributed by atoms with Gasteiger partial charge in [0, 0.05) is 66.9 Å². The number of fused-ring (bicyclic) bond motifs is 2. The molecular weight excluding hydrogens is 836 g/mol. The number of nitrogens with zero attached hydrogens (tertiary/aromatic N) is 10. The van der Waals surface area contributed by atoms with Gasteiger partial charge < -0.3 is 21.3 Å². The number of aromatic nitrogens is 10. The van der Waals surface area contributed by atoms with Crippen molar-refractivity contribution in [3.8, 4) is 22.5 Å². The molecule has 0 saturated heterocycles. The summed E-state index contributed by atoms with van der Waals surface area (Å²) in [5.74, 6) is -0.0216. The summed E-state index contributed by atoms with van der Waals surface area (Å²) >= 11 is 7.90. The van der Waals surface area contributed by atoms with Crippen LogP contribution in [0.25, 0.3) is 33.8 Å². The standard InChI is InChI=1S/C23H25N7OS.C22H22ClN7O/c1-14-10-15(4-7-18(14)23(31)27-16-5-6-16)20-13-25-22-19(11-21(32-3)28-30(20)22)24-12-17-8-9-26-29(17)2;1-13-9-14(3-6-17(13)22(31)27-15-4-5-15)19-12-25-21-18(10-20(23)28-30(19)21)24-11-16-7-8-26-29(16)2/h4,7-11,13,16,24H,5-6,12H2,1-3H3,(H,27,31);3,6-10,12,15,24H,4-5,11H2,1-2H3,(H,27,31). The topological polar surface area (TPSA) is 178 Å². The van der Waals surface area contributed by atoms with Gasteiger partial charge in [0.2, 0.25) is 0 Å². The van der Waals surface area contributed by atoms with Crippen molar-refractivity contribution in [2.45, 2.75) is 69.7 Å². The summed E-state index contributed by atoms with van der Waals surface area (Å²) in [6.07, 6.45) is 13.4. The van der Waals surface area contributed by atoms with Gasteiger partial charge >= 0.3 is 0 Å². The third-order valence-corrected chi connectivity index (χ3v) is 12.0. The number of anilines is 2. The zero-order chi connectivity index (χ0) is 43.8. The fraction of sp³-hybridized carbons (Fsp3) is 0.289. The Balaban J connectivity index is 0.000000160. The van der Waals surface area contributed by atoms with Gasteiger partial charge in [-0.15, -0.1) is 11.8 Å². The molecule has 2 amide bonds. The molecule has 0 aliphatic heterocycles. The van der Waals surface area contributed by atoms with Crippen LogP contribution >= 0.6 is 23.4 Å². The fourth-order valence-corrected chi connectivity index (χ4v) is 7.88. The summed E-state index contributed by atoms with van der Waals surface area (Å²) in [5, 5.41) is 31.8. The van der Waals surface area contributed by atoms with E-state index >= 15 is 0 Å². The zero-order valence-electron chi connectivity index (χ0n) is 35.6. The lowest BCUT2D eigenvalue weighted by atomic mass is 10.0. The van der Waals surface area contributed by atoms with Crippen molar-refractivity contribution in [3.63, 3.8) is 0 Å². The lowest BCUT2D eigenvalue weighted by molar-refractivity contribution is 0.0942. The van der Waals surface area contributed by atoms with Gasteiger partial charge in [-0.25, -0.2) is 19.0 Å².